The number of benzene rings is 1. The van der Waals surface area contributed by atoms with Crippen LogP contribution in [0, 0.1) is 0 Å². The second-order valence-electron chi connectivity index (χ2n) is 4.04. The topological polar surface area (TPSA) is 71.1 Å². The number of carbonyl (C=O) groups excluding carboxylic acids is 2. The van der Waals surface area contributed by atoms with Gasteiger partial charge < -0.3 is 0 Å². The average Bonchev–Trinajstić information content (AvgIpc) is 2.52. The summed E-state index contributed by atoms with van der Waals surface area (Å²) in [7, 11) is 0. The summed E-state index contributed by atoms with van der Waals surface area (Å²) >= 11 is 5.88. The molecule has 21 heavy (non-hydrogen) atoms. The molecule has 0 saturated heterocycles. The van der Waals surface area contributed by atoms with E-state index >= 15 is 0 Å². The Hall–Kier alpha value is -2.66. The average molecular weight is 302 g/mol. The van der Waals surface area contributed by atoms with Crippen LogP contribution in [0.1, 0.15) is 15.9 Å². The third kappa shape index (κ3) is 4.43. The molecule has 0 saturated carbocycles. The monoisotopic (exact) mass is 301 g/mol. The molecule has 2 aromatic rings. The molecule has 1 heterocycles. The van der Waals surface area contributed by atoms with E-state index < -0.39 is 11.8 Å². The van der Waals surface area contributed by atoms with Gasteiger partial charge in [-0.3, -0.25) is 25.4 Å². The number of hydrazine groups is 1. The maximum Gasteiger partial charge on any atom is 0.271 e. The van der Waals surface area contributed by atoms with Gasteiger partial charge in [-0.15, -0.1) is 0 Å². The molecule has 2 N–H and O–H groups in total. The Labute approximate surface area is 126 Å². The normalized spacial score (nSPS) is 10.3. The Morgan fingerprint density at radius 1 is 1.10 bits per heavy atom. The van der Waals surface area contributed by atoms with Crippen molar-refractivity contribution >= 4 is 29.5 Å². The molecule has 0 aliphatic carbocycles. The van der Waals surface area contributed by atoms with Gasteiger partial charge in [-0.25, -0.2) is 0 Å². The Morgan fingerprint density at radius 3 is 2.62 bits per heavy atom. The number of rotatable bonds is 3. The van der Waals surface area contributed by atoms with Crippen LogP contribution in [-0.2, 0) is 4.79 Å². The third-order valence-corrected chi connectivity index (χ3v) is 2.86. The van der Waals surface area contributed by atoms with Crippen LogP contribution in [0.4, 0.5) is 0 Å². The zero-order chi connectivity index (χ0) is 15.1. The molecule has 106 valence electrons. The van der Waals surface area contributed by atoms with E-state index in [1.54, 1.807) is 54.9 Å². The van der Waals surface area contributed by atoms with Crippen LogP contribution in [0.15, 0.2) is 54.9 Å². The van der Waals surface area contributed by atoms with Crippen molar-refractivity contribution in [2.75, 3.05) is 0 Å². The zero-order valence-electron chi connectivity index (χ0n) is 10.9. The predicted octanol–water partition coefficient (Wildman–Crippen LogP) is 2.21. The fourth-order valence-corrected chi connectivity index (χ4v) is 1.74. The lowest BCUT2D eigenvalue weighted by Gasteiger charge is -2.06. The van der Waals surface area contributed by atoms with Crippen molar-refractivity contribution in [3.05, 3.63) is 71.0 Å². The molecule has 6 heteroatoms. The van der Waals surface area contributed by atoms with Crippen molar-refractivity contribution < 1.29 is 9.59 Å². The molecule has 0 unspecified atom stereocenters. The summed E-state index contributed by atoms with van der Waals surface area (Å²) in [4.78, 5) is 27.3. The minimum atomic E-state index is -0.483. The van der Waals surface area contributed by atoms with Crippen LogP contribution in [-0.4, -0.2) is 16.8 Å². The van der Waals surface area contributed by atoms with Crippen molar-refractivity contribution in [3.63, 3.8) is 0 Å². The highest BCUT2D eigenvalue weighted by molar-refractivity contribution is 6.33. The molecule has 0 fully saturated rings. The summed E-state index contributed by atoms with van der Waals surface area (Å²) in [5.41, 5.74) is 5.63. The summed E-state index contributed by atoms with van der Waals surface area (Å²) < 4.78 is 0. The highest BCUT2D eigenvalue weighted by Crippen LogP contribution is 2.13. The zero-order valence-corrected chi connectivity index (χ0v) is 11.7. The molecular weight excluding hydrogens is 290 g/mol. The second kappa shape index (κ2) is 7.21. The standard InChI is InChI=1S/C15H12ClN3O2/c16-13-6-2-1-5-12(13)15(21)19-18-14(20)8-7-11-4-3-9-17-10-11/h1-10H,(H,18,20)(H,19,21)/b8-7+. The van der Waals surface area contributed by atoms with E-state index in [-0.39, 0.29) is 5.56 Å². The van der Waals surface area contributed by atoms with Gasteiger partial charge in [0.05, 0.1) is 10.6 Å². The van der Waals surface area contributed by atoms with Crippen molar-refractivity contribution in [3.8, 4) is 0 Å². The predicted molar refractivity (Wildman–Crippen MR) is 80.3 cm³/mol. The summed E-state index contributed by atoms with van der Waals surface area (Å²) in [6, 6.07) is 10.1. The van der Waals surface area contributed by atoms with E-state index in [1.807, 2.05) is 0 Å². The number of aromatic nitrogens is 1. The summed E-state index contributed by atoms with van der Waals surface area (Å²) in [6.07, 6.45) is 6.14. The van der Waals surface area contributed by atoms with Crippen LogP contribution in [0.3, 0.4) is 0 Å². The van der Waals surface area contributed by atoms with Crippen LogP contribution in [0.2, 0.25) is 5.02 Å². The molecule has 0 spiro atoms. The number of pyridine rings is 1. The van der Waals surface area contributed by atoms with Gasteiger partial charge in [0.1, 0.15) is 0 Å². The van der Waals surface area contributed by atoms with Gasteiger partial charge in [0, 0.05) is 18.5 Å². The molecule has 5 nitrogen and oxygen atoms in total. The lowest BCUT2D eigenvalue weighted by molar-refractivity contribution is -0.117. The van der Waals surface area contributed by atoms with Gasteiger partial charge in [-0.1, -0.05) is 29.8 Å². The fourth-order valence-electron chi connectivity index (χ4n) is 1.52. The van der Waals surface area contributed by atoms with Crippen LogP contribution in [0.5, 0.6) is 0 Å². The van der Waals surface area contributed by atoms with Gasteiger partial charge in [0.15, 0.2) is 0 Å². The first-order chi connectivity index (χ1) is 10.2. The SMILES string of the molecule is O=C(/C=C/c1cccnc1)NNC(=O)c1ccccc1Cl. The minimum Gasteiger partial charge on any atom is -0.268 e. The van der Waals surface area contributed by atoms with Gasteiger partial charge in [-0.05, 0) is 29.8 Å². The summed E-state index contributed by atoms with van der Waals surface area (Å²) in [6.45, 7) is 0. The van der Waals surface area contributed by atoms with E-state index in [9.17, 15) is 9.59 Å². The Morgan fingerprint density at radius 2 is 1.90 bits per heavy atom. The molecule has 0 bridgehead atoms. The molecule has 2 rings (SSSR count). The number of hydrogen-bond donors (Lipinski definition) is 2. The first kappa shape index (κ1) is 14.7. The van der Waals surface area contributed by atoms with E-state index in [0.717, 1.165) is 5.56 Å². The van der Waals surface area contributed by atoms with Crippen molar-refractivity contribution in [2.24, 2.45) is 0 Å². The highest BCUT2D eigenvalue weighted by atomic mass is 35.5. The van der Waals surface area contributed by atoms with Gasteiger partial charge >= 0.3 is 0 Å². The largest absolute Gasteiger partial charge is 0.271 e. The summed E-state index contributed by atoms with van der Waals surface area (Å²) in [5, 5.41) is 0.315. The molecule has 0 aliphatic rings. The molecule has 0 radical (unpaired) electrons. The molecule has 1 aromatic carbocycles. The number of nitrogens with zero attached hydrogens (tertiary/aromatic N) is 1. The molecular formula is C15H12ClN3O2. The molecule has 0 aliphatic heterocycles. The van der Waals surface area contributed by atoms with Crippen LogP contribution in [0.25, 0.3) is 6.08 Å². The van der Waals surface area contributed by atoms with E-state index in [2.05, 4.69) is 15.8 Å². The first-order valence-electron chi connectivity index (χ1n) is 6.10. The van der Waals surface area contributed by atoms with Crippen LogP contribution >= 0.6 is 11.6 Å². The fraction of sp³-hybridized carbons (Fsp3) is 0. The number of hydrogen-bond acceptors (Lipinski definition) is 3. The molecule has 1 aromatic heterocycles. The van der Waals surface area contributed by atoms with Gasteiger partial charge in [-0.2, -0.15) is 0 Å². The number of nitrogens with one attached hydrogen (secondary N) is 2. The Kier molecular flexibility index (Phi) is 5.06. The van der Waals surface area contributed by atoms with Gasteiger partial charge in [0.25, 0.3) is 11.8 Å². The van der Waals surface area contributed by atoms with E-state index in [1.165, 1.54) is 6.08 Å². The quantitative estimate of drug-likeness (QED) is 0.674. The Balaban J connectivity index is 1.88. The maximum atomic E-state index is 11.8. The van der Waals surface area contributed by atoms with Gasteiger partial charge in [0.2, 0.25) is 0 Å². The number of halogens is 1. The highest BCUT2D eigenvalue weighted by Gasteiger charge is 2.09. The summed E-state index contributed by atoms with van der Waals surface area (Å²) in [5.74, 6) is -0.942. The van der Waals surface area contributed by atoms with Crippen molar-refractivity contribution in [1.29, 1.82) is 0 Å². The van der Waals surface area contributed by atoms with Crippen molar-refractivity contribution in [2.45, 2.75) is 0 Å². The lowest BCUT2D eigenvalue weighted by atomic mass is 10.2. The number of carbonyl (C=O) groups is 2. The Bertz CT molecular complexity index is 672. The maximum absolute atomic E-state index is 11.8. The van der Waals surface area contributed by atoms with E-state index in [4.69, 9.17) is 11.6 Å². The van der Waals surface area contributed by atoms with Crippen LogP contribution < -0.4 is 10.9 Å². The first-order valence-corrected chi connectivity index (χ1v) is 6.47. The smallest absolute Gasteiger partial charge is 0.268 e. The lowest BCUT2D eigenvalue weighted by Crippen LogP contribution is -2.40. The third-order valence-electron chi connectivity index (χ3n) is 2.53. The molecule has 0 atom stereocenters. The second-order valence-corrected chi connectivity index (χ2v) is 4.45. The minimum absolute atomic E-state index is 0.288. The molecule has 2 amide bonds. The van der Waals surface area contributed by atoms with Crippen molar-refractivity contribution in [1.82, 2.24) is 15.8 Å². The number of amides is 2. The van der Waals surface area contributed by atoms with E-state index in [0.29, 0.717) is 5.02 Å².